The van der Waals surface area contributed by atoms with Crippen LogP contribution < -0.4 is 73.6 Å². The number of carbonyl (C=O) groups excluding carboxylic acids is 1. The topological polar surface area (TPSA) is 89.5 Å². The third-order valence-corrected chi connectivity index (χ3v) is 4.20. The second kappa shape index (κ2) is 10.1. The van der Waals surface area contributed by atoms with Crippen molar-refractivity contribution >= 4 is 13.4 Å². The third-order valence-electron chi connectivity index (χ3n) is 3.03. The van der Waals surface area contributed by atoms with Gasteiger partial charge in [-0.15, -0.1) is 0 Å². The van der Waals surface area contributed by atoms with E-state index in [-0.39, 0.29) is 70.2 Å². The molecule has 5 nitrogen and oxygen atoms in total. The van der Waals surface area contributed by atoms with Gasteiger partial charge < -0.3 is 19.1 Å². The van der Waals surface area contributed by atoms with Gasteiger partial charge in [-0.3, -0.25) is 4.79 Å². The van der Waals surface area contributed by atoms with Crippen LogP contribution in [0.3, 0.4) is 0 Å². The van der Waals surface area contributed by atoms with Crippen molar-refractivity contribution in [1.82, 2.24) is 0 Å². The molecule has 0 N–H and O–H groups in total. The minimum absolute atomic E-state index is 0. The van der Waals surface area contributed by atoms with Crippen molar-refractivity contribution in [3.8, 4) is 5.75 Å². The Bertz CT molecular complexity index is 687. The normalized spacial score (nSPS) is 11.6. The summed E-state index contributed by atoms with van der Waals surface area (Å²) in [6, 6.07) is 13.8. The van der Waals surface area contributed by atoms with E-state index in [2.05, 4.69) is 0 Å². The quantitative estimate of drug-likeness (QED) is 0.308. The molecule has 0 aliphatic carbocycles. The largest absolute Gasteiger partial charge is 1.00 e. The third kappa shape index (κ3) is 6.13. The van der Waals surface area contributed by atoms with Gasteiger partial charge in [0, 0.05) is 5.56 Å². The molecule has 0 saturated heterocycles. The standard InChI is InChI=1S/C15H15O5P.2Na/c1-20-13-9-5-8-12(10-13)14(16)15(21(17,18)19)11-6-3-2-4-7-11;;/h2-10,15H,1H3,(H2,17,18,19);;/q;2*+1/p-2. The number of Topliss-reactive ketones (excluding diaryl/α,β-unsaturated/α-hetero) is 1. The van der Waals surface area contributed by atoms with Gasteiger partial charge in [0.25, 0.3) is 0 Å². The molecule has 2 aromatic carbocycles. The molecule has 0 amide bonds. The Morgan fingerprint density at radius 2 is 1.65 bits per heavy atom. The molecule has 1 unspecified atom stereocenters. The molecule has 2 aromatic rings. The van der Waals surface area contributed by atoms with Crippen LogP contribution in [0.5, 0.6) is 5.75 Å². The number of carbonyl (C=O) groups is 1. The summed E-state index contributed by atoms with van der Waals surface area (Å²) < 4.78 is 16.5. The molecule has 0 bridgehead atoms. The van der Waals surface area contributed by atoms with Gasteiger partial charge >= 0.3 is 59.1 Å². The molecular formula is C15H13Na2O5P. The van der Waals surface area contributed by atoms with Crippen LogP contribution in [0.2, 0.25) is 0 Å². The number of rotatable bonds is 5. The zero-order valence-electron chi connectivity index (χ0n) is 13.3. The first-order chi connectivity index (χ1) is 9.93. The fraction of sp³-hybridized carbons (Fsp3) is 0.133. The average molecular weight is 350 g/mol. The Labute approximate surface area is 179 Å². The van der Waals surface area contributed by atoms with E-state index >= 15 is 0 Å². The first-order valence-electron chi connectivity index (χ1n) is 6.18. The molecule has 0 aliphatic rings. The number of benzene rings is 2. The summed E-state index contributed by atoms with van der Waals surface area (Å²) in [6.45, 7) is 0. The number of ether oxygens (including phenoxy) is 1. The van der Waals surface area contributed by atoms with Crippen molar-refractivity contribution < 1.29 is 83.0 Å². The summed E-state index contributed by atoms with van der Waals surface area (Å²) in [4.78, 5) is 35.5. The number of hydrogen-bond acceptors (Lipinski definition) is 5. The fourth-order valence-electron chi connectivity index (χ4n) is 2.05. The number of methoxy groups -OCH3 is 1. The van der Waals surface area contributed by atoms with Crippen LogP contribution in [0.4, 0.5) is 0 Å². The molecule has 0 heterocycles. The van der Waals surface area contributed by atoms with Crippen LogP contribution in [0.15, 0.2) is 54.6 Å². The molecule has 0 radical (unpaired) electrons. The van der Waals surface area contributed by atoms with E-state index in [1.165, 1.54) is 31.4 Å². The summed E-state index contributed by atoms with van der Waals surface area (Å²) in [7, 11) is -3.70. The van der Waals surface area contributed by atoms with Gasteiger partial charge in [-0.2, -0.15) is 0 Å². The van der Waals surface area contributed by atoms with Crippen molar-refractivity contribution in [2.75, 3.05) is 7.11 Å². The van der Waals surface area contributed by atoms with E-state index in [1.807, 2.05) is 0 Å². The summed E-state index contributed by atoms with van der Waals surface area (Å²) in [5.41, 5.74) is -1.44. The van der Waals surface area contributed by atoms with Gasteiger partial charge in [0.05, 0.1) is 12.8 Å². The maximum absolute atomic E-state index is 12.4. The molecule has 2 rings (SSSR count). The van der Waals surface area contributed by atoms with Gasteiger partial charge in [-0.05, 0) is 17.7 Å². The molecule has 1 atom stereocenters. The van der Waals surface area contributed by atoms with Gasteiger partial charge in [0.2, 0.25) is 0 Å². The molecule has 110 valence electrons. The van der Waals surface area contributed by atoms with Crippen LogP contribution in [0.1, 0.15) is 21.6 Å². The molecule has 0 fully saturated rings. The van der Waals surface area contributed by atoms with E-state index in [9.17, 15) is 19.1 Å². The number of ketones is 1. The Morgan fingerprint density at radius 3 is 2.17 bits per heavy atom. The van der Waals surface area contributed by atoms with Gasteiger partial charge in [0.1, 0.15) is 5.75 Å². The second-order valence-corrected chi connectivity index (χ2v) is 6.05. The summed E-state index contributed by atoms with van der Waals surface area (Å²) in [6.07, 6.45) is 0. The minimum atomic E-state index is -5.13. The average Bonchev–Trinajstić information content (AvgIpc) is 2.47. The maximum Gasteiger partial charge on any atom is 1.00 e. The van der Waals surface area contributed by atoms with E-state index in [0.29, 0.717) is 5.75 Å². The van der Waals surface area contributed by atoms with Crippen molar-refractivity contribution in [1.29, 1.82) is 0 Å². The summed E-state index contributed by atoms with van der Waals surface area (Å²) >= 11 is 0. The van der Waals surface area contributed by atoms with Gasteiger partial charge in [0.15, 0.2) is 5.78 Å². The molecule has 0 aliphatic heterocycles. The number of hydrogen-bond donors (Lipinski definition) is 0. The van der Waals surface area contributed by atoms with Crippen molar-refractivity contribution in [2.45, 2.75) is 5.66 Å². The van der Waals surface area contributed by atoms with Crippen LogP contribution in [-0.4, -0.2) is 12.9 Å². The smallest absolute Gasteiger partial charge is 0.810 e. The van der Waals surface area contributed by atoms with E-state index in [4.69, 9.17) is 4.74 Å². The van der Waals surface area contributed by atoms with Crippen molar-refractivity contribution in [3.63, 3.8) is 0 Å². The zero-order chi connectivity index (χ0) is 15.5. The summed E-state index contributed by atoms with van der Waals surface area (Å²) in [5, 5.41) is 0. The maximum atomic E-state index is 12.4. The SMILES string of the molecule is COc1cccc(C(=O)C(c2ccccc2)P(=O)([O-])[O-])c1.[Na+].[Na+]. The van der Waals surface area contributed by atoms with Crippen LogP contribution in [-0.2, 0) is 4.57 Å². The summed E-state index contributed by atoms with van der Waals surface area (Å²) in [5.74, 6) is -0.340. The molecule has 0 aromatic heterocycles. The Morgan fingerprint density at radius 1 is 1.04 bits per heavy atom. The van der Waals surface area contributed by atoms with Crippen molar-refractivity contribution in [2.24, 2.45) is 0 Å². The minimum Gasteiger partial charge on any atom is -0.810 e. The van der Waals surface area contributed by atoms with E-state index in [0.717, 1.165) is 0 Å². The molecular weight excluding hydrogens is 337 g/mol. The van der Waals surface area contributed by atoms with E-state index in [1.54, 1.807) is 30.3 Å². The van der Waals surface area contributed by atoms with Crippen LogP contribution >= 0.6 is 7.60 Å². The predicted molar refractivity (Wildman–Crippen MR) is 74.1 cm³/mol. The Hall–Kier alpha value is 0.0600. The van der Waals surface area contributed by atoms with Gasteiger partial charge in [-0.25, -0.2) is 0 Å². The Kier molecular flexibility index (Phi) is 10.2. The first-order valence-corrected chi connectivity index (χ1v) is 7.79. The van der Waals surface area contributed by atoms with E-state index < -0.39 is 19.0 Å². The molecule has 23 heavy (non-hydrogen) atoms. The Balaban J connectivity index is 0.00000242. The van der Waals surface area contributed by atoms with Crippen molar-refractivity contribution in [3.05, 3.63) is 65.7 Å². The fourth-order valence-corrected chi connectivity index (χ4v) is 3.02. The second-order valence-electron chi connectivity index (χ2n) is 4.45. The molecule has 0 spiro atoms. The molecule has 0 saturated carbocycles. The predicted octanol–water partition coefficient (Wildman–Crippen LogP) is -4.46. The van der Waals surface area contributed by atoms with Gasteiger partial charge in [-0.1, -0.05) is 50.1 Å². The first kappa shape index (κ1) is 23.1. The zero-order valence-corrected chi connectivity index (χ0v) is 18.2. The van der Waals surface area contributed by atoms with Crippen LogP contribution in [0.25, 0.3) is 0 Å². The molecule has 8 heteroatoms. The van der Waals surface area contributed by atoms with Crippen LogP contribution in [0, 0.1) is 0 Å². The monoisotopic (exact) mass is 350 g/mol.